The summed E-state index contributed by atoms with van der Waals surface area (Å²) in [6, 6.07) is 6.02. The van der Waals surface area contributed by atoms with Crippen LogP contribution in [0.25, 0.3) is 0 Å². The van der Waals surface area contributed by atoms with Gasteiger partial charge in [-0.3, -0.25) is 14.3 Å². The normalized spacial score (nSPS) is 11.8. The predicted molar refractivity (Wildman–Crippen MR) is 81.6 cm³/mol. The van der Waals surface area contributed by atoms with Crippen molar-refractivity contribution in [2.75, 3.05) is 11.9 Å². The fourth-order valence-corrected chi connectivity index (χ4v) is 1.99. The third-order valence-corrected chi connectivity index (χ3v) is 3.47. The Hall–Kier alpha value is -2.92. The summed E-state index contributed by atoms with van der Waals surface area (Å²) in [5.74, 6) is -0.520. The molecule has 0 bridgehead atoms. The number of aromatic nitrogens is 2. The van der Waals surface area contributed by atoms with E-state index in [0.717, 1.165) is 4.57 Å². The molecule has 0 spiro atoms. The number of aryl methyl sites for hydroxylation is 1. The molecule has 0 amide bonds. The van der Waals surface area contributed by atoms with E-state index in [9.17, 15) is 19.1 Å². The molecule has 8 heteroatoms. The number of nitrogens with one attached hydrogen (secondary N) is 2. The Bertz CT molecular complexity index is 895. The van der Waals surface area contributed by atoms with Crippen molar-refractivity contribution in [3.05, 3.63) is 61.5 Å². The molecule has 23 heavy (non-hydrogen) atoms. The Morgan fingerprint density at radius 2 is 2.17 bits per heavy atom. The number of hydrogen-bond donors (Lipinski definition) is 3. The Labute approximate surface area is 130 Å². The van der Waals surface area contributed by atoms with E-state index < -0.39 is 23.2 Å². The summed E-state index contributed by atoms with van der Waals surface area (Å²) < 4.78 is 14.3. The maximum absolute atomic E-state index is 13.5. The van der Waals surface area contributed by atoms with Gasteiger partial charge in [0.15, 0.2) is 5.56 Å². The summed E-state index contributed by atoms with van der Waals surface area (Å²) in [6.07, 6.45) is -1.08. The average molecular weight is 318 g/mol. The minimum absolute atomic E-state index is 0.0766. The van der Waals surface area contributed by atoms with Crippen LogP contribution in [0.5, 0.6) is 0 Å². The Kier molecular flexibility index (Phi) is 4.62. The molecule has 1 heterocycles. The molecule has 0 aliphatic heterocycles. The second kappa shape index (κ2) is 6.46. The van der Waals surface area contributed by atoms with Crippen LogP contribution >= 0.6 is 0 Å². The molecule has 0 saturated carbocycles. The molecule has 0 aliphatic carbocycles. The van der Waals surface area contributed by atoms with Crippen molar-refractivity contribution >= 4 is 5.82 Å². The molecule has 1 aromatic carbocycles. The van der Waals surface area contributed by atoms with E-state index >= 15 is 0 Å². The van der Waals surface area contributed by atoms with Crippen LogP contribution in [-0.2, 0) is 7.05 Å². The Morgan fingerprint density at radius 3 is 2.78 bits per heavy atom. The standard InChI is InChI=1S/C15H15FN4O3/c1-8-3-4-9(5-11(8)16)12(21)7-18-13-10(6-17)14(22)20(2)15(23)19-13/h3-5,12,18,21H,7H2,1-2H3,(H,19,23). The number of halogens is 1. The van der Waals surface area contributed by atoms with Crippen LogP contribution in [0.15, 0.2) is 27.8 Å². The van der Waals surface area contributed by atoms with Gasteiger partial charge in [0.25, 0.3) is 5.56 Å². The molecule has 120 valence electrons. The first-order chi connectivity index (χ1) is 10.8. The van der Waals surface area contributed by atoms with Gasteiger partial charge in [-0.2, -0.15) is 5.26 Å². The highest BCUT2D eigenvalue weighted by molar-refractivity contribution is 5.50. The van der Waals surface area contributed by atoms with Gasteiger partial charge in [-0.05, 0) is 24.1 Å². The minimum atomic E-state index is -1.08. The van der Waals surface area contributed by atoms with Crippen molar-refractivity contribution in [2.45, 2.75) is 13.0 Å². The van der Waals surface area contributed by atoms with Crippen molar-refractivity contribution < 1.29 is 9.50 Å². The molecule has 1 atom stereocenters. The molecule has 3 N–H and O–H groups in total. The lowest BCUT2D eigenvalue weighted by molar-refractivity contribution is 0.191. The maximum Gasteiger partial charge on any atom is 0.329 e. The van der Waals surface area contributed by atoms with Crippen molar-refractivity contribution in [2.24, 2.45) is 7.05 Å². The second-order valence-electron chi connectivity index (χ2n) is 5.06. The zero-order valence-corrected chi connectivity index (χ0v) is 12.6. The van der Waals surface area contributed by atoms with Crippen molar-refractivity contribution in [3.63, 3.8) is 0 Å². The summed E-state index contributed by atoms with van der Waals surface area (Å²) in [7, 11) is 1.25. The van der Waals surface area contributed by atoms with Crippen LogP contribution < -0.4 is 16.6 Å². The summed E-state index contributed by atoms with van der Waals surface area (Å²) in [4.78, 5) is 25.7. The van der Waals surface area contributed by atoms with E-state index in [0.29, 0.717) is 11.1 Å². The smallest absolute Gasteiger partial charge is 0.329 e. The quantitative estimate of drug-likeness (QED) is 0.762. The van der Waals surface area contributed by atoms with Crippen LogP contribution in [-0.4, -0.2) is 21.2 Å². The molecule has 0 fully saturated rings. The SMILES string of the molecule is Cc1ccc(C(O)CNc2[nH]c(=O)n(C)c(=O)c2C#N)cc1F. The van der Waals surface area contributed by atoms with Crippen molar-refractivity contribution in [1.29, 1.82) is 5.26 Å². The highest BCUT2D eigenvalue weighted by Gasteiger charge is 2.14. The molecule has 1 aromatic heterocycles. The number of nitrogens with zero attached hydrogens (tertiary/aromatic N) is 2. The zero-order chi connectivity index (χ0) is 17.1. The molecule has 1 unspecified atom stereocenters. The number of benzene rings is 1. The van der Waals surface area contributed by atoms with Gasteiger partial charge in [0.2, 0.25) is 0 Å². The zero-order valence-electron chi connectivity index (χ0n) is 12.6. The van der Waals surface area contributed by atoms with Gasteiger partial charge >= 0.3 is 5.69 Å². The maximum atomic E-state index is 13.5. The number of H-pyrrole nitrogens is 1. The first-order valence-corrected chi connectivity index (χ1v) is 6.76. The third kappa shape index (κ3) is 3.30. The average Bonchev–Trinajstić information content (AvgIpc) is 2.53. The molecule has 0 saturated heterocycles. The Morgan fingerprint density at radius 1 is 1.48 bits per heavy atom. The highest BCUT2D eigenvalue weighted by Crippen LogP contribution is 2.17. The van der Waals surface area contributed by atoms with Gasteiger partial charge in [0, 0.05) is 13.6 Å². The molecule has 2 aromatic rings. The van der Waals surface area contributed by atoms with Gasteiger partial charge in [0.1, 0.15) is 17.7 Å². The fraction of sp³-hybridized carbons (Fsp3) is 0.267. The lowest BCUT2D eigenvalue weighted by atomic mass is 10.1. The lowest BCUT2D eigenvalue weighted by Crippen LogP contribution is -2.35. The van der Waals surface area contributed by atoms with E-state index in [1.165, 1.54) is 19.2 Å². The first-order valence-electron chi connectivity index (χ1n) is 6.76. The van der Waals surface area contributed by atoms with Gasteiger partial charge < -0.3 is 10.4 Å². The lowest BCUT2D eigenvalue weighted by Gasteiger charge is -2.14. The van der Waals surface area contributed by atoms with Gasteiger partial charge in [-0.15, -0.1) is 0 Å². The molecular weight excluding hydrogens is 303 g/mol. The van der Waals surface area contributed by atoms with Crippen molar-refractivity contribution in [3.8, 4) is 6.07 Å². The van der Waals surface area contributed by atoms with Crippen LogP contribution in [0.3, 0.4) is 0 Å². The summed E-state index contributed by atoms with van der Waals surface area (Å²) in [6.45, 7) is 1.49. The van der Waals surface area contributed by atoms with E-state index in [1.54, 1.807) is 19.1 Å². The van der Waals surface area contributed by atoms with Gasteiger partial charge in [0.05, 0.1) is 6.10 Å². The predicted octanol–water partition coefficient (Wildman–Crippen LogP) is 0.538. The number of aliphatic hydroxyl groups is 1. The van der Waals surface area contributed by atoms with E-state index in [4.69, 9.17) is 5.26 Å². The summed E-state index contributed by atoms with van der Waals surface area (Å²) in [5.41, 5.74) is -0.904. The van der Waals surface area contributed by atoms with Gasteiger partial charge in [-0.1, -0.05) is 12.1 Å². The largest absolute Gasteiger partial charge is 0.387 e. The van der Waals surface area contributed by atoms with E-state index in [1.807, 2.05) is 0 Å². The van der Waals surface area contributed by atoms with E-state index in [-0.39, 0.29) is 17.9 Å². The number of aromatic amines is 1. The molecule has 7 nitrogen and oxygen atoms in total. The number of anilines is 1. The monoisotopic (exact) mass is 318 g/mol. The molecule has 2 rings (SSSR count). The first kappa shape index (κ1) is 16.5. The Balaban J connectivity index is 2.24. The number of rotatable bonds is 4. The fourth-order valence-electron chi connectivity index (χ4n) is 1.99. The number of nitriles is 1. The van der Waals surface area contributed by atoms with Crippen molar-refractivity contribution in [1.82, 2.24) is 9.55 Å². The highest BCUT2D eigenvalue weighted by atomic mass is 19.1. The topological polar surface area (TPSA) is 111 Å². The molecular formula is C15H15FN4O3. The minimum Gasteiger partial charge on any atom is -0.387 e. The van der Waals surface area contributed by atoms with Crippen LogP contribution in [0.1, 0.15) is 22.8 Å². The second-order valence-corrected chi connectivity index (χ2v) is 5.06. The number of hydrogen-bond acceptors (Lipinski definition) is 5. The molecule has 0 aliphatic rings. The van der Waals surface area contributed by atoms with E-state index in [2.05, 4.69) is 10.3 Å². The van der Waals surface area contributed by atoms with Crippen LogP contribution in [0, 0.1) is 24.1 Å². The summed E-state index contributed by atoms with van der Waals surface area (Å²) >= 11 is 0. The molecule has 0 radical (unpaired) electrons. The van der Waals surface area contributed by atoms with Crippen LogP contribution in [0.4, 0.5) is 10.2 Å². The van der Waals surface area contributed by atoms with Crippen LogP contribution in [0.2, 0.25) is 0 Å². The summed E-state index contributed by atoms with van der Waals surface area (Å²) in [5, 5.41) is 21.7. The number of aliphatic hydroxyl groups excluding tert-OH is 1. The van der Waals surface area contributed by atoms with Gasteiger partial charge in [-0.25, -0.2) is 9.18 Å². The third-order valence-electron chi connectivity index (χ3n) is 3.47.